The highest BCUT2D eigenvalue weighted by molar-refractivity contribution is 4.95. The van der Waals surface area contributed by atoms with Gasteiger partial charge in [-0.3, -0.25) is 0 Å². The molecule has 0 spiro atoms. The molecule has 0 bridgehead atoms. The second kappa shape index (κ2) is 3.87. The molecule has 3 aliphatic rings. The first kappa shape index (κ1) is 9.24. The average Bonchev–Trinajstić information content (AvgIpc) is 2.26. The molecule has 3 fully saturated rings. The van der Waals surface area contributed by atoms with Crippen LogP contribution in [0.1, 0.15) is 57.8 Å². The zero-order valence-corrected chi connectivity index (χ0v) is 9.25. The molecule has 0 saturated heterocycles. The van der Waals surface area contributed by atoms with Crippen LogP contribution in [0.15, 0.2) is 0 Å². The molecule has 14 heavy (non-hydrogen) atoms. The van der Waals surface area contributed by atoms with E-state index < -0.39 is 0 Å². The Hall–Kier alpha value is 0. The van der Waals surface area contributed by atoms with Gasteiger partial charge in [-0.15, -0.1) is 0 Å². The van der Waals surface area contributed by atoms with Crippen molar-refractivity contribution in [2.75, 3.05) is 0 Å². The quantitative estimate of drug-likeness (QED) is 0.538. The number of fused-ring (bicyclic) bond motifs is 2. The summed E-state index contributed by atoms with van der Waals surface area (Å²) >= 11 is 0. The van der Waals surface area contributed by atoms with E-state index in [2.05, 4.69) is 6.42 Å². The first-order valence-electron chi connectivity index (χ1n) is 6.77. The first-order valence-corrected chi connectivity index (χ1v) is 6.77. The van der Waals surface area contributed by atoms with Gasteiger partial charge in [-0.25, -0.2) is 0 Å². The monoisotopic (exact) mass is 191 g/mol. The highest BCUT2D eigenvalue weighted by atomic mass is 14.4. The van der Waals surface area contributed by atoms with Crippen LogP contribution in [0.3, 0.4) is 0 Å². The second-order valence-corrected chi connectivity index (χ2v) is 5.87. The fraction of sp³-hybridized carbons (Fsp3) is 0.929. The lowest BCUT2D eigenvalue weighted by atomic mass is 9.60. The molecule has 0 amide bonds. The molecule has 79 valence electrons. The lowest BCUT2D eigenvalue weighted by Crippen LogP contribution is -2.35. The fourth-order valence-corrected chi connectivity index (χ4v) is 4.34. The maximum atomic E-state index is 2.67. The van der Waals surface area contributed by atoms with Crippen LogP contribution in [-0.4, -0.2) is 0 Å². The Balaban J connectivity index is 1.68. The minimum atomic E-state index is 1.03. The van der Waals surface area contributed by atoms with Gasteiger partial charge in [0.15, 0.2) is 0 Å². The SMILES string of the molecule is [CH]1CCCC2CC3CCCCC3CC12. The third-order valence-corrected chi connectivity index (χ3v) is 5.10. The van der Waals surface area contributed by atoms with Crippen molar-refractivity contribution in [1.29, 1.82) is 0 Å². The summed E-state index contributed by atoms with van der Waals surface area (Å²) < 4.78 is 0. The molecule has 0 nitrogen and oxygen atoms in total. The smallest absolute Gasteiger partial charge is 0.0352 e. The predicted molar refractivity (Wildman–Crippen MR) is 59.8 cm³/mol. The highest BCUT2D eigenvalue weighted by Gasteiger charge is 2.38. The lowest BCUT2D eigenvalue weighted by molar-refractivity contribution is 0.0746. The van der Waals surface area contributed by atoms with Crippen LogP contribution in [-0.2, 0) is 0 Å². The van der Waals surface area contributed by atoms with Crippen molar-refractivity contribution in [3.63, 3.8) is 0 Å². The zero-order valence-electron chi connectivity index (χ0n) is 9.25. The molecule has 0 aromatic carbocycles. The van der Waals surface area contributed by atoms with Crippen LogP contribution >= 0.6 is 0 Å². The van der Waals surface area contributed by atoms with Crippen LogP contribution in [0.25, 0.3) is 0 Å². The molecular weight excluding hydrogens is 168 g/mol. The summed E-state index contributed by atoms with van der Waals surface area (Å²) in [6, 6.07) is 0. The number of hydrogen-bond acceptors (Lipinski definition) is 0. The van der Waals surface area contributed by atoms with E-state index in [0.29, 0.717) is 0 Å². The molecule has 0 heteroatoms. The molecular formula is C14H23. The lowest BCUT2D eigenvalue weighted by Gasteiger charge is -2.46. The molecule has 3 rings (SSSR count). The van der Waals surface area contributed by atoms with Gasteiger partial charge in [0.25, 0.3) is 0 Å². The molecule has 0 N–H and O–H groups in total. The molecule has 4 atom stereocenters. The van der Waals surface area contributed by atoms with Gasteiger partial charge in [-0.1, -0.05) is 38.5 Å². The van der Waals surface area contributed by atoms with E-state index in [1.807, 2.05) is 0 Å². The van der Waals surface area contributed by atoms with Gasteiger partial charge in [0, 0.05) is 0 Å². The van der Waals surface area contributed by atoms with Crippen molar-refractivity contribution < 1.29 is 0 Å². The summed E-state index contributed by atoms with van der Waals surface area (Å²) in [5.74, 6) is 4.39. The van der Waals surface area contributed by atoms with Gasteiger partial charge in [-0.05, 0) is 49.4 Å². The molecule has 1 radical (unpaired) electrons. The van der Waals surface area contributed by atoms with Crippen molar-refractivity contribution in [3.8, 4) is 0 Å². The zero-order chi connectivity index (χ0) is 9.38. The molecule has 0 aromatic heterocycles. The van der Waals surface area contributed by atoms with Crippen molar-refractivity contribution >= 4 is 0 Å². The summed E-state index contributed by atoms with van der Waals surface area (Å²) in [5, 5.41) is 0. The molecule has 3 saturated carbocycles. The Morgan fingerprint density at radius 1 is 0.714 bits per heavy atom. The molecule has 4 unspecified atom stereocenters. The topological polar surface area (TPSA) is 0 Å². The maximum absolute atomic E-state index is 2.67. The summed E-state index contributed by atoms with van der Waals surface area (Å²) in [5.41, 5.74) is 0. The minimum Gasteiger partial charge on any atom is -0.0530 e. The highest BCUT2D eigenvalue weighted by Crippen LogP contribution is 2.49. The van der Waals surface area contributed by atoms with Crippen LogP contribution in [0.5, 0.6) is 0 Å². The Bertz CT molecular complexity index is 154. The van der Waals surface area contributed by atoms with Crippen LogP contribution in [0.4, 0.5) is 0 Å². The maximum Gasteiger partial charge on any atom is -0.0352 e. The van der Waals surface area contributed by atoms with Gasteiger partial charge in [0.1, 0.15) is 0 Å². The summed E-state index contributed by atoms with van der Waals surface area (Å²) in [6.07, 6.45) is 16.4. The molecule has 0 heterocycles. The van der Waals surface area contributed by atoms with E-state index in [1.165, 1.54) is 25.7 Å². The van der Waals surface area contributed by atoms with Gasteiger partial charge < -0.3 is 0 Å². The molecule has 3 aliphatic carbocycles. The first-order chi connectivity index (χ1) is 6.93. The average molecular weight is 191 g/mol. The van der Waals surface area contributed by atoms with Crippen molar-refractivity contribution in [2.45, 2.75) is 57.8 Å². The fourth-order valence-electron chi connectivity index (χ4n) is 4.34. The Morgan fingerprint density at radius 2 is 1.43 bits per heavy atom. The summed E-state index contributed by atoms with van der Waals surface area (Å²) in [4.78, 5) is 0. The normalized spacial score (nSPS) is 48.0. The minimum absolute atomic E-state index is 1.03. The van der Waals surface area contributed by atoms with E-state index in [-0.39, 0.29) is 0 Å². The second-order valence-electron chi connectivity index (χ2n) is 5.87. The predicted octanol–water partition coefficient (Wildman–Crippen LogP) is 4.21. The van der Waals surface area contributed by atoms with Crippen molar-refractivity contribution in [1.82, 2.24) is 0 Å². The van der Waals surface area contributed by atoms with Crippen molar-refractivity contribution in [3.05, 3.63) is 6.42 Å². The van der Waals surface area contributed by atoms with E-state index >= 15 is 0 Å². The molecule has 0 aliphatic heterocycles. The van der Waals surface area contributed by atoms with E-state index in [4.69, 9.17) is 0 Å². The van der Waals surface area contributed by atoms with Gasteiger partial charge in [-0.2, -0.15) is 0 Å². The Morgan fingerprint density at radius 3 is 2.29 bits per heavy atom. The van der Waals surface area contributed by atoms with Crippen LogP contribution < -0.4 is 0 Å². The largest absolute Gasteiger partial charge is 0.0530 e. The van der Waals surface area contributed by atoms with E-state index in [9.17, 15) is 0 Å². The van der Waals surface area contributed by atoms with Gasteiger partial charge in [0.2, 0.25) is 0 Å². The van der Waals surface area contributed by atoms with Crippen LogP contribution in [0, 0.1) is 30.1 Å². The third kappa shape index (κ3) is 1.61. The standard InChI is InChI=1S/C14H23/c1-2-6-12-10-14-8-4-3-7-13(14)9-11(12)5-1/h5,11-14H,1-4,6-10H2. The van der Waals surface area contributed by atoms with E-state index in [1.54, 1.807) is 32.1 Å². The Labute approximate surface area is 88.5 Å². The number of rotatable bonds is 0. The van der Waals surface area contributed by atoms with E-state index in [0.717, 1.165) is 23.7 Å². The molecule has 0 aromatic rings. The third-order valence-electron chi connectivity index (χ3n) is 5.10. The Kier molecular flexibility index (Phi) is 2.55. The summed E-state index contributed by atoms with van der Waals surface area (Å²) in [7, 11) is 0. The number of hydrogen-bond donors (Lipinski definition) is 0. The van der Waals surface area contributed by atoms with Gasteiger partial charge in [0.05, 0.1) is 0 Å². The van der Waals surface area contributed by atoms with Gasteiger partial charge >= 0.3 is 0 Å². The van der Waals surface area contributed by atoms with Crippen molar-refractivity contribution in [2.24, 2.45) is 23.7 Å². The van der Waals surface area contributed by atoms with Crippen LogP contribution in [0.2, 0.25) is 0 Å². The summed E-state index contributed by atoms with van der Waals surface area (Å²) in [6.45, 7) is 0.